The van der Waals surface area contributed by atoms with Gasteiger partial charge in [0, 0.05) is 24.0 Å². The maximum Gasteiger partial charge on any atom is 0.105 e. The number of hydrogen-bond donors (Lipinski definition) is 2. The average Bonchev–Trinajstić information content (AvgIpc) is 2.75. The lowest BCUT2D eigenvalue weighted by atomic mass is 9.79. The van der Waals surface area contributed by atoms with Crippen LogP contribution in [0.5, 0.6) is 0 Å². The van der Waals surface area contributed by atoms with Crippen molar-refractivity contribution >= 4 is 0 Å². The number of aliphatic hydroxyl groups is 1. The molecule has 1 aliphatic rings. The summed E-state index contributed by atoms with van der Waals surface area (Å²) in [6.07, 6.45) is 8.28. The molecule has 1 aromatic rings. The van der Waals surface area contributed by atoms with Gasteiger partial charge < -0.3 is 15.0 Å². The van der Waals surface area contributed by atoms with E-state index >= 15 is 0 Å². The van der Waals surface area contributed by atoms with Crippen LogP contribution in [0.3, 0.4) is 0 Å². The SMILES string of the molecule is CNC1(CO)CCCC(n2ccnc2C)C1. The summed E-state index contributed by atoms with van der Waals surface area (Å²) in [6, 6.07) is 0.468. The largest absolute Gasteiger partial charge is 0.394 e. The maximum absolute atomic E-state index is 9.54. The first-order valence-corrected chi connectivity index (χ1v) is 6.00. The third-order valence-electron chi connectivity index (χ3n) is 3.91. The van der Waals surface area contributed by atoms with Gasteiger partial charge in [-0.15, -0.1) is 0 Å². The third-order valence-corrected chi connectivity index (χ3v) is 3.91. The van der Waals surface area contributed by atoms with E-state index < -0.39 is 0 Å². The van der Waals surface area contributed by atoms with E-state index in [1.165, 1.54) is 6.42 Å². The minimum Gasteiger partial charge on any atom is -0.394 e. The molecule has 1 saturated carbocycles. The Kier molecular flexibility index (Phi) is 3.30. The summed E-state index contributed by atoms with van der Waals surface area (Å²) >= 11 is 0. The second kappa shape index (κ2) is 4.55. The first-order chi connectivity index (χ1) is 7.71. The van der Waals surface area contributed by atoms with Gasteiger partial charge in [0.1, 0.15) is 5.82 Å². The first-order valence-electron chi connectivity index (χ1n) is 6.00. The number of nitrogens with one attached hydrogen (secondary N) is 1. The summed E-state index contributed by atoms with van der Waals surface area (Å²) in [5, 5.41) is 12.8. The van der Waals surface area contributed by atoms with Crippen LogP contribution in [0.15, 0.2) is 12.4 Å². The van der Waals surface area contributed by atoms with Crippen molar-refractivity contribution in [3.05, 3.63) is 18.2 Å². The Hall–Kier alpha value is -0.870. The van der Waals surface area contributed by atoms with E-state index in [0.717, 1.165) is 25.1 Å². The Morgan fingerprint density at radius 3 is 3.06 bits per heavy atom. The van der Waals surface area contributed by atoms with Crippen molar-refractivity contribution in [1.82, 2.24) is 14.9 Å². The Labute approximate surface area is 96.7 Å². The monoisotopic (exact) mass is 223 g/mol. The number of aryl methyl sites for hydroxylation is 1. The number of nitrogens with zero attached hydrogens (tertiary/aromatic N) is 2. The zero-order valence-electron chi connectivity index (χ0n) is 10.1. The second-order valence-electron chi connectivity index (χ2n) is 4.82. The molecule has 2 atom stereocenters. The zero-order valence-corrected chi connectivity index (χ0v) is 10.1. The van der Waals surface area contributed by atoms with Gasteiger partial charge in [-0.3, -0.25) is 0 Å². The molecule has 1 aliphatic carbocycles. The molecular formula is C12H21N3O. The molecule has 2 unspecified atom stereocenters. The molecule has 1 fully saturated rings. The summed E-state index contributed by atoms with van der Waals surface area (Å²) in [5.74, 6) is 1.06. The van der Waals surface area contributed by atoms with Crippen molar-refractivity contribution in [3.8, 4) is 0 Å². The van der Waals surface area contributed by atoms with E-state index in [1.54, 1.807) is 0 Å². The number of hydrogen-bond acceptors (Lipinski definition) is 3. The van der Waals surface area contributed by atoms with E-state index in [4.69, 9.17) is 0 Å². The fraction of sp³-hybridized carbons (Fsp3) is 0.750. The molecule has 0 aromatic carbocycles. The molecule has 0 saturated heterocycles. The van der Waals surface area contributed by atoms with Gasteiger partial charge in [-0.1, -0.05) is 0 Å². The summed E-state index contributed by atoms with van der Waals surface area (Å²) < 4.78 is 2.24. The smallest absolute Gasteiger partial charge is 0.105 e. The van der Waals surface area contributed by atoms with E-state index in [2.05, 4.69) is 14.9 Å². The molecule has 0 aliphatic heterocycles. The van der Waals surface area contributed by atoms with E-state index in [1.807, 2.05) is 26.4 Å². The summed E-state index contributed by atoms with van der Waals surface area (Å²) in [7, 11) is 1.94. The van der Waals surface area contributed by atoms with E-state index in [9.17, 15) is 5.11 Å². The van der Waals surface area contributed by atoms with Crippen LogP contribution in [0.2, 0.25) is 0 Å². The van der Waals surface area contributed by atoms with E-state index in [0.29, 0.717) is 6.04 Å². The fourth-order valence-corrected chi connectivity index (χ4v) is 2.79. The Morgan fingerprint density at radius 1 is 1.69 bits per heavy atom. The molecule has 4 heteroatoms. The van der Waals surface area contributed by atoms with Crippen molar-refractivity contribution < 1.29 is 5.11 Å². The van der Waals surface area contributed by atoms with Gasteiger partial charge in [-0.2, -0.15) is 0 Å². The highest BCUT2D eigenvalue weighted by molar-refractivity contribution is 4.99. The van der Waals surface area contributed by atoms with E-state index in [-0.39, 0.29) is 12.1 Å². The zero-order chi connectivity index (χ0) is 11.6. The number of imidazole rings is 1. The normalized spacial score (nSPS) is 30.6. The summed E-state index contributed by atoms with van der Waals surface area (Å²) in [4.78, 5) is 4.27. The van der Waals surface area contributed by atoms with Crippen molar-refractivity contribution in [2.75, 3.05) is 13.7 Å². The minimum atomic E-state index is -0.0976. The molecule has 0 spiro atoms. The topological polar surface area (TPSA) is 50.1 Å². The van der Waals surface area contributed by atoms with Crippen LogP contribution in [-0.2, 0) is 0 Å². The van der Waals surface area contributed by atoms with Crippen LogP contribution in [0.4, 0.5) is 0 Å². The Morgan fingerprint density at radius 2 is 2.50 bits per heavy atom. The Balaban J connectivity index is 2.16. The third kappa shape index (κ3) is 1.99. The van der Waals surface area contributed by atoms with Crippen LogP contribution in [0.1, 0.15) is 37.5 Å². The van der Waals surface area contributed by atoms with Crippen LogP contribution in [-0.4, -0.2) is 33.9 Å². The van der Waals surface area contributed by atoms with Gasteiger partial charge in [0.2, 0.25) is 0 Å². The van der Waals surface area contributed by atoms with Gasteiger partial charge >= 0.3 is 0 Å². The van der Waals surface area contributed by atoms with Gasteiger partial charge in [-0.05, 0) is 39.7 Å². The van der Waals surface area contributed by atoms with Crippen molar-refractivity contribution in [1.29, 1.82) is 0 Å². The standard InChI is InChI=1S/C12H21N3O/c1-10-14-6-7-15(10)11-4-3-5-12(8-11,9-16)13-2/h6-7,11,13,16H,3-5,8-9H2,1-2H3. The molecule has 2 rings (SSSR count). The number of aliphatic hydroxyl groups excluding tert-OH is 1. The average molecular weight is 223 g/mol. The lowest BCUT2D eigenvalue weighted by Gasteiger charge is -2.40. The van der Waals surface area contributed by atoms with Crippen LogP contribution in [0, 0.1) is 6.92 Å². The summed E-state index contributed by atoms with van der Waals surface area (Å²) in [6.45, 7) is 2.25. The number of aromatic nitrogens is 2. The predicted molar refractivity (Wildman–Crippen MR) is 63.3 cm³/mol. The molecule has 1 aromatic heterocycles. The quantitative estimate of drug-likeness (QED) is 0.811. The van der Waals surface area contributed by atoms with Gasteiger partial charge in [-0.25, -0.2) is 4.98 Å². The van der Waals surface area contributed by atoms with Crippen molar-refractivity contribution in [2.24, 2.45) is 0 Å². The molecule has 0 bridgehead atoms. The van der Waals surface area contributed by atoms with Crippen LogP contribution < -0.4 is 5.32 Å². The summed E-state index contributed by atoms with van der Waals surface area (Å²) in [5.41, 5.74) is -0.0976. The lowest BCUT2D eigenvalue weighted by Crippen LogP contribution is -2.50. The van der Waals surface area contributed by atoms with Gasteiger partial charge in [0.15, 0.2) is 0 Å². The van der Waals surface area contributed by atoms with Gasteiger partial charge in [0.05, 0.1) is 6.61 Å². The Bertz CT molecular complexity index is 344. The number of rotatable bonds is 3. The highest BCUT2D eigenvalue weighted by Gasteiger charge is 2.35. The maximum atomic E-state index is 9.54. The molecule has 0 amide bonds. The molecule has 0 radical (unpaired) electrons. The molecule has 16 heavy (non-hydrogen) atoms. The van der Waals surface area contributed by atoms with Crippen LogP contribution >= 0.6 is 0 Å². The van der Waals surface area contributed by atoms with Gasteiger partial charge in [0.25, 0.3) is 0 Å². The molecule has 1 heterocycles. The first kappa shape index (κ1) is 11.6. The van der Waals surface area contributed by atoms with Crippen LogP contribution in [0.25, 0.3) is 0 Å². The fourth-order valence-electron chi connectivity index (χ4n) is 2.79. The number of likely N-dealkylation sites (N-methyl/N-ethyl adjacent to an activating group) is 1. The highest BCUT2D eigenvalue weighted by atomic mass is 16.3. The molecule has 2 N–H and O–H groups in total. The minimum absolute atomic E-state index is 0.0976. The van der Waals surface area contributed by atoms with Crippen molar-refractivity contribution in [3.63, 3.8) is 0 Å². The predicted octanol–water partition coefficient (Wildman–Crippen LogP) is 1.26. The second-order valence-corrected chi connectivity index (χ2v) is 4.82. The molecular weight excluding hydrogens is 202 g/mol. The highest BCUT2D eigenvalue weighted by Crippen LogP contribution is 2.35. The molecule has 90 valence electrons. The molecule has 4 nitrogen and oxygen atoms in total. The van der Waals surface area contributed by atoms with Crippen molar-refractivity contribution in [2.45, 2.75) is 44.2 Å². The lowest BCUT2D eigenvalue weighted by molar-refractivity contribution is 0.104.